The predicted octanol–water partition coefficient (Wildman–Crippen LogP) is 1.48. The van der Waals surface area contributed by atoms with E-state index in [-0.39, 0.29) is 18.3 Å². The van der Waals surface area contributed by atoms with E-state index in [0.29, 0.717) is 18.0 Å². The highest BCUT2D eigenvalue weighted by molar-refractivity contribution is 5.85. The summed E-state index contributed by atoms with van der Waals surface area (Å²) >= 11 is 0. The molecule has 0 radical (unpaired) electrons. The molecule has 0 spiro atoms. The summed E-state index contributed by atoms with van der Waals surface area (Å²) < 4.78 is 10.4. The van der Waals surface area contributed by atoms with Gasteiger partial charge >= 0.3 is 0 Å². The maximum absolute atomic E-state index is 11.7. The summed E-state index contributed by atoms with van der Waals surface area (Å²) in [7, 11) is 3.17. The van der Waals surface area contributed by atoms with Gasteiger partial charge in [0.2, 0.25) is 5.91 Å². The second kappa shape index (κ2) is 7.21. The zero-order valence-corrected chi connectivity index (χ0v) is 12.5. The number of carbonyl (C=O) groups is 1. The molecule has 1 amide bonds. The number of amides is 1. The molecule has 0 aliphatic heterocycles. The second-order valence-electron chi connectivity index (χ2n) is 4.58. The minimum absolute atomic E-state index is 0. The average molecular weight is 289 g/mol. The van der Waals surface area contributed by atoms with Gasteiger partial charge in [0, 0.05) is 12.1 Å². The van der Waals surface area contributed by atoms with E-state index in [1.807, 2.05) is 6.07 Å². The Balaban J connectivity index is 0.00000324. The van der Waals surface area contributed by atoms with Crippen LogP contribution < -0.4 is 20.5 Å². The van der Waals surface area contributed by atoms with E-state index >= 15 is 0 Å². The standard InChI is InChI=1S/C13H20N2O3.ClH/c1-13(2,14)12(16)15-8-9-7-10(17-3)5-6-11(9)18-4;/h5-7H,8,14H2,1-4H3,(H,15,16);1H. The number of rotatable bonds is 5. The average Bonchev–Trinajstić information content (AvgIpc) is 2.34. The Hall–Kier alpha value is -1.46. The van der Waals surface area contributed by atoms with E-state index in [9.17, 15) is 4.79 Å². The molecule has 0 saturated heterocycles. The molecule has 0 fully saturated rings. The molecule has 0 bridgehead atoms. The molecule has 0 atom stereocenters. The number of nitrogens with two attached hydrogens (primary N) is 1. The first-order chi connectivity index (χ1) is 8.38. The minimum Gasteiger partial charge on any atom is -0.497 e. The maximum Gasteiger partial charge on any atom is 0.239 e. The fraction of sp³-hybridized carbons (Fsp3) is 0.462. The lowest BCUT2D eigenvalue weighted by Crippen LogP contribution is -2.48. The van der Waals surface area contributed by atoms with Crippen LogP contribution in [0.4, 0.5) is 0 Å². The molecule has 0 heterocycles. The number of hydrogen-bond acceptors (Lipinski definition) is 4. The number of nitrogens with one attached hydrogen (secondary N) is 1. The van der Waals surface area contributed by atoms with Gasteiger partial charge in [0.25, 0.3) is 0 Å². The van der Waals surface area contributed by atoms with E-state index in [1.54, 1.807) is 40.2 Å². The molecule has 0 aliphatic carbocycles. The smallest absolute Gasteiger partial charge is 0.239 e. The number of methoxy groups -OCH3 is 2. The monoisotopic (exact) mass is 288 g/mol. The third-order valence-corrected chi connectivity index (χ3v) is 2.51. The van der Waals surface area contributed by atoms with E-state index in [2.05, 4.69) is 5.32 Å². The van der Waals surface area contributed by atoms with E-state index in [0.717, 1.165) is 5.56 Å². The first kappa shape index (κ1) is 17.5. The Labute approximate surface area is 119 Å². The molecule has 6 heteroatoms. The fourth-order valence-electron chi connectivity index (χ4n) is 1.42. The van der Waals surface area contributed by atoms with Gasteiger partial charge in [-0.05, 0) is 32.0 Å². The van der Waals surface area contributed by atoms with Crippen molar-refractivity contribution in [2.75, 3.05) is 14.2 Å². The zero-order valence-electron chi connectivity index (χ0n) is 11.6. The summed E-state index contributed by atoms with van der Waals surface area (Å²) in [5.41, 5.74) is 5.65. The van der Waals surface area contributed by atoms with Crippen molar-refractivity contribution in [3.05, 3.63) is 23.8 Å². The van der Waals surface area contributed by atoms with Gasteiger partial charge in [0.1, 0.15) is 11.5 Å². The molecule has 1 aromatic carbocycles. The SMILES string of the molecule is COc1ccc(OC)c(CNC(=O)C(C)(C)N)c1.Cl. The quantitative estimate of drug-likeness (QED) is 0.861. The van der Waals surface area contributed by atoms with Gasteiger partial charge in [-0.2, -0.15) is 0 Å². The molecule has 0 aliphatic rings. The summed E-state index contributed by atoms with van der Waals surface area (Å²) in [5, 5.41) is 2.77. The van der Waals surface area contributed by atoms with Crippen LogP contribution in [0.5, 0.6) is 11.5 Å². The summed E-state index contributed by atoms with van der Waals surface area (Å²) in [4.78, 5) is 11.7. The number of hydrogen-bond donors (Lipinski definition) is 2. The highest BCUT2D eigenvalue weighted by Crippen LogP contribution is 2.23. The summed E-state index contributed by atoms with van der Waals surface area (Å²) in [6.07, 6.45) is 0. The van der Waals surface area contributed by atoms with Crippen molar-refractivity contribution in [3.8, 4) is 11.5 Å². The maximum atomic E-state index is 11.7. The van der Waals surface area contributed by atoms with Crippen LogP contribution in [-0.4, -0.2) is 25.7 Å². The van der Waals surface area contributed by atoms with Gasteiger partial charge < -0.3 is 20.5 Å². The van der Waals surface area contributed by atoms with Crippen LogP contribution in [0, 0.1) is 0 Å². The second-order valence-corrected chi connectivity index (χ2v) is 4.58. The van der Waals surface area contributed by atoms with Gasteiger partial charge in [-0.3, -0.25) is 4.79 Å². The molecule has 3 N–H and O–H groups in total. The van der Waals surface area contributed by atoms with Crippen molar-refractivity contribution < 1.29 is 14.3 Å². The molecular formula is C13H21ClN2O3. The van der Waals surface area contributed by atoms with Crippen LogP contribution in [0.25, 0.3) is 0 Å². The lowest BCUT2D eigenvalue weighted by Gasteiger charge is -2.18. The molecule has 19 heavy (non-hydrogen) atoms. The number of ether oxygens (including phenoxy) is 2. The van der Waals surface area contributed by atoms with Gasteiger partial charge in [0.15, 0.2) is 0 Å². The number of benzene rings is 1. The molecule has 0 saturated carbocycles. The van der Waals surface area contributed by atoms with Gasteiger partial charge in [-0.25, -0.2) is 0 Å². The van der Waals surface area contributed by atoms with Crippen molar-refractivity contribution in [2.45, 2.75) is 25.9 Å². The number of carbonyl (C=O) groups excluding carboxylic acids is 1. The molecule has 108 valence electrons. The molecule has 0 unspecified atom stereocenters. The summed E-state index contributed by atoms with van der Waals surface area (Å²) in [5.74, 6) is 1.20. The first-order valence-electron chi connectivity index (χ1n) is 5.66. The lowest BCUT2D eigenvalue weighted by atomic mass is 10.1. The van der Waals surface area contributed by atoms with E-state index in [1.165, 1.54) is 0 Å². The Bertz CT molecular complexity index is 430. The Morgan fingerprint density at radius 2 is 1.95 bits per heavy atom. The van der Waals surface area contributed by atoms with Crippen LogP contribution in [0.1, 0.15) is 19.4 Å². The molecular weight excluding hydrogens is 268 g/mol. The largest absolute Gasteiger partial charge is 0.497 e. The third-order valence-electron chi connectivity index (χ3n) is 2.51. The highest BCUT2D eigenvalue weighted by atomic mass is 35.5. The van der Waals surface area contributed by atoms with Crippen LogP contribution in [0.3, 0.4) is 0 Å². The Morgan fingerprint density at radius 3 is 2.42 bits per heavy atom. The van der Waals surface area contributed by atoms with Crippen molar-refractivity contribution >= 4 is 18.3 Å². The summed E-state index contributed by atoms with van der Waals surface area (Å²) in [6, 6.07) is 5.42. The number of halogens is 1. The summed E-state index contributed by atoms with van der Waals surface area (Å²) in [6.45, 7) is 3.66. The Kier molecular flexibility index (Phi) is 6.65. The lowest BCUT2D eigenvalue weighted by molar-refractivity contribution is -0.125. The topological polar surface area (TPSA) is 73.6 Å². The predicted molar refractivity (Wildman–Crippen MR) is 76.9 cm³/mol. The minimum atomic E-state index is -0.897. The molecule has 1 aromatic rings. The van der Waals surface area contributed by atoms with Crippen LogP contribution in [0.15, 0.2) is 18.2 Å². The van der Waals surface area contributed by atoms with E-state index < -0.39 is 5.54 Å². The van der Waals surface area contributed by atoms with Crippen LogP contribution in [-0.2, 0) is 11.3 Å². The third kappa shape index (κ3) is 4.96. The highest BCUT2D eigenvalue weighted by Gasteiger charge is 2.21. The van der Waals surface area contributed by atoms with Crippen molar-refractivity contribution in [2.24, 2.45) is 5.73 Å². The normalized spacial score (nSPS) is 10.4. The van der Waals surface area contributed by atoms with Gasteiger partial charge in [-0.15, -0.1) is 12.4 Å². The first-order valence-corrected chi connectivity index (χ1v) is 5.66. The van der Waals surface area contributed by atoms with Crippen molar-refractivity contribution in [3.63, 3.8) is 0 Å². The van der Waals surface area contributed by atoms with Crippen LogP contribution in [0.2, 0.25) is 0 Å². The van der Waals surface area contributed by atoms with E-state index in [4.69, 9.17) is 15.2 Å². The molecule has 0 aromatic heterocycles. The fourth-order valence-corrected chi connectivity index (χ4v) is 1.42. The molecule has 5 nitrogen and oxygen atoms in total. The van der Waals surface area contributed by atoms with Gasteiger partial charge in [-0.1, -0.05) is 0 Å². The van der Waals surface area contributed by atoms with Crippen molar-refractivity contribution in [1.29, 1.82) is 0 Å². The van der Waals surface area contributed by atoms with Crippen LogP contribution >= 0.6 is 12.4 Å². The van der Waals surface area contributed by atoms with Gasteiger partial charge in [0.05, 0.1) is 19.8 Å². The Morgan fingerprint density at radius 1 is 1.32 bits per heavy atom. The van der Waals surface area contributed by atoms with Crippen molar-refractivity contribution in [1.82, 2.24) is 5.32 Å². The zero-order chi connectivity index (χ0) is 13.8. The molecule has 1 rings (SSSR count).